The average molecular weight is 328 g/mol. The average Bonchev–Trinajstić information content (AvgIpc) is 2.45. The Kier molecular flexibility index (Phi) is 13.2. The lowest BCUT2D eigenvalue weighted by atomic mass is 10.0. The maximum Gasteiger partial charge on any atom is 0.179 e. The Bertz CT molecular complexity index is 290. The van der Waals surface area contributed by atoms with Crippen molar-refractivity contribution >= 4 is 0 Å². The summed E-state index contributed by atoms with van der Waals surface area (Å²) in [7, 11) is 0. The molecule has 0 saturated carbocycles. The van der Waals surface area contributed by atoms with Crippen molar-refractivity contribution in [1.82, 2.24) is 16.0 Å². The second kappa shape index (κ2) is 13.7. The fourth-order valence-corrected chi connectivity index (χ4v) is 2.32. The molecule has 4 nitrogen and oxygen atoms in total. The van der Waals surface area contributed by atoms with Crippen molar-refractivity contribution < 1.29 is 4.74 Å². The molecular formula is C19H41N3O. The molecule has 0 aliphatic carbocycles. The molecule has 0 aliphatic rings. The molecule has 23 heavy (non-hydrogen) atoms. The second-order valence-electron chi connectivity index (χ2n) is 7.36. The van der Waals surface area contributed by atoms with Crippen molar-refractivity contribution in [2.75, 3.05) is 19.7 Å². The summed E-state index contributed by atoms with van der Waals surface area (Å²) in [5.74, 6) is 1.24. The van der Waals surface area contributed by atoms with E-state index >= 15 is 0 Å². The van der Waals surface area contributed by atoms with Crippen LogP contribution in [-0.2, 0) is 4.74 Å². The number of rotatable bonds is 15. The third kappa shape index (κ3) is 14.6. The molecule has 0 radical (unpaired) electrons. The topological polar surface area (TPSA) is 45.3 Å². The van der Waals surface area contributed by atoms with E-state index in [1.54, 1.807) is 0 Å². The van der Waals surface area contributed by atoms with Crippen LogP contribution in [0.5, 0.6) is 0 Å². The zero-order chi connectivity index (χ0) is 17.7. The van der Waals surface area contributed by atoms with E-state index in [9.17, 15) is 0 Å². The Morgan fingerprint density at radius 1 is 0.870 bits per heavy atom. The normalized spacial score (nSPS) is 12.9. The smallest absolute Gasteiger partial charge is 0.179 e. The molecule has 138 valence electrons. The summed E-state index contributed by atoms with van der Waals surface area (Å²) in [4.78, 5) is 0. The predicted molar refractivity (Wildman–Crippen MR) is 102 cm³/mol. The summed E-state index contributed by atoms with van der Waals surface area (Å²) < 4.78 is 5.76. The molecule has 0 saturated heterocycles. The van der Waals surface area contributed by atoms with E-state index in [0.29, 0.717) is 36.5 Å². The minimum absolute atomic E-state index is 0.363. The van der Waals surface area contributed by atoms with E-state index in [0.717, 1.165) is 13.1 Å². The van der Waals surface area contributed by atoms with Gasteiger partial charge in [-0.3, -0.25) is 0 Å². The van der Waals surface area contributed by atoms with Crippen LogP contribution in [0.1, 0.15) is 67.2 Å². The largest absolute Gasteiger partial charge is 0.478 e. The fourth-order valence-electron chi connectivity index (χ4n) is 2.32. The van der Waals surface area contributed by atoms with Gasteiger partial charge in [0.2, 0.25) is 0 Å². The first kappa shape index (κ1) is 22.3. The van der Waals surface area contributed by atoms with Crippen LogP contribution in [0, 0.1) is 5.92 Å². The summed E-state index contributed by atoms with van der Waals surface area (Å²) in [6, 6.07) is 1.43. The summed E-state index contributed by atoms with van der Waals surface area (Å²) in [5, 5.41) is 10.3. The van der Waals surface area contributed by atoms with E-state index in [2.05, 4.69) is 64.1 Å². The fraction of sp³-hybridized carbons (Fsp3) is 0.895. The van der Waals surface area contributed by atoms with Gasteiger partial charge in [-0.15, -0.1) is 0 Å². The minimum Gasteiger partial charge on any atom is -0.478 e. The number of nitrogens with one attached hydrogen (secondary N) is 3. The molecular weight excluding hydrogens is 286 g/mol. The first-order valence-corrected chi connectivity index (χ1v) is 9.38. The highest BCUT2D eigenvalue weighted by Gasteiger charge is 2.15. The summed E-state index contributed by atoms with van der Waals surface area (Å²) >= 11 is 0. The molecule has 0 aromatic heterocycles. The van der Waals surface area contributed by atoms with Crippen LogP contribution in [0.4, 0.5) is 0 Å². The Morgan fingerprint density at radius 3 is 2.00 bits per heavy atom. The zero-order valence-electron chi connectivity index (χ0n) is 16.4. The van der Waals surface area contributed by atoms with Crippen molar-refractivity contribution in [2.24, 2.45) is 5.92 Å². The highest BCUT2D eigenvalue weighted by atomic mass is 16.5. The van der Waals surface area contributed by atoms with E-state index in [1.807, 2.05) is 0 Å². The molecule has 4 heteroatoms. The molecule has 0 spiro atoms. The molecule has 0 aromatic rings. The van der Waals surface area contributed by atoms with Gasteiger partial charge in [-0.2, -0.15) is 0 Å². The standard InChI is InChI=1S/C19H41N3O/c1-15(2)19(22-17(5)6)14-23-18(7)21-13-11-9-8-10-12-20-16(3)4/h15-17,19-22H,7-14H2,1-6H3/t19-/m0/s1. The van der Waals surface area contributed by atoms with Crippen molar-refractivity contribution in [3.05, 3.63) is 12.5 Å². The van der Waals surface area contributed by atoms with Crippen molar-refractivity contribution in [3.8, 4) is 0 Å². The maximum absolute atomic E-state index is 5.76. The summed E-state index contributed by atoms with van der Waals surface area (Å²) in [5.41, 5.74) is 0. The van der Waals surface area contributed by atoms with Gasteiger partial charge in [-0.05, 0) is 31.9 Å². The Morgan fingerprint density at radius 2 is 1.48 bits per heavy atom. The lowest BCUT2D eigenvalue weighted by Gasteiger charge is -2.25. The SMILES string of the molecule is C=C(NCCCCCCNC(C)C)OC[C@H](NC(C)C)C(C)C. The molecule has 0 unspecified atom stereocenters. The van der Waals surface area contributed by atoms with Crippen molar-refractivity contribution in [2.45, 2.75) is 85.4 Å². The molecule has 3 N–H and O–H groups in total. The van der Waals surface area contributed by atoms with Gasteiger partial charge in [0, 0.05) is 24.7 Å². The molecule has 0 amide bonds. The molecule has 0 fully saturated rings. The van der Waals surface area contributed by atoms with Gasteiger partial charge in [0.25, 0.3) is 0 Å². The van der Waals surface area contributed by atoms with Gasteiger partial charge in [0.15, 0.2) is 5.88 Å². The van der Waals surface area contributed by atoms with Crippen LogP contribution in [0.2, 0.25) is 0 Å². The molecule has 0 heterocycles. The zero-order valence-corrected chi connectivity index (χ0v) is 16.4. The van der Waals surface area contributed by atoms with Gasteiger partial charge in [-0.1, -0.05) is 54.4 Å². The second-order valence-corrected chi connectivity index (χ2v) is 7.36. The van der Waals surface area contributed by atoms with Crippen LogP contribution in [0.15, 0.2) is 12.5 Å². The first-order valence-electron chi connectivity index (χ1n) is 9.38. The van der Waals surface area contributed by atoms with Gasteiger partial charge in [-0.25, -0.2) is 0 Å². The van der Waals surface area contributed by atoms with Crippen LogP contribution in [0.25, 0.3) is 0 Å². The molecule has 0 aromatic carbocycles. The monoisotopic (exact) mass is 327 g/mol. The van der Waals surface area contributed by atoms with Crippen LogP contribution >= 0.6 is 0 Å². The van der Waals surface area contributed by atoms with Crippen LogP contribution in [-0.4, -0.2) is 37.8 Å². The highest BCUT2D eigenvalue weighted by Crippen LogP contribution is 2.05. The van der Waals surface area contributed by atoms with E-state index in [1.165, 1.54) is 25.7 Å². The number of ether oxygens (including phenoxy) is 1. The Labute approximate surface area is 144 Å². The van der Waals surface area contributed by atoms with Crippen LogP contribution in [0.3, 0.4) is 0 Å². The molecule has 0 rings (SSSR count). The van der Waals surface area contributed by atoms with Gasteiger partial charge in [0.05, 0.1) is 0 Å². The minimum atomic E-state index is 0.363. The van der Waals surface area contributed by atoms with E-state index in [4.69, 9.17) is 4.74 Å². The van der Waals surface area contributed by atoms with Crippen molar-refractivity contribution in [1.29, 1.82) is 0 Å². The third-order valence-corrected chi connectivity index (χ3v) is 3.77. The lowest BCUT2D eigenvalue weighted by Crippen LogP contribution is -2.42. The first-order chi connectivity index (χ1) is 10.8. The predicted octanol–water partition coefficient (Wildman–Crippen LogP) is 3.64. The Hall–Kier alpha value is -0.740. The van der Waals surface area contributed by atoms with Gasteiger partial charge >= 0.3 is 0 Å². The molecule has 1 atom stereocenters. The highest BCUT2D eigenvalue weighted by molar-refractivity contribution is 4.81. The summed E-state index contributed by atoms with van der Waals surface area (Å²) in [6.45, 7) is 19.8. The summed E-state index contributed by atoms with van der Waals surface area (Å²) in [6.07, 6.45) is 4.96. The van der Waals surface area contributed by atoms with Gasteiger partial charge < -0.3 is 20.7 Å². The number of hydrogen-bond donors (Lipinski definition) is 3. The third-order valence-electron chi connectivity index (χ3n) is 3.77. The lowest BCUT2D eigenvalue weighted by molar-refractivity contribution is 0.140. The van der Waals surface area contributed by atoms with E-state index < -0.39 is 0 Å². The number of unbranched alkanes of at least 4 members (excludes halogenated alkanes) is 3. The van der Waals surface area contributed by atoms with Gasteiger partial charge in [0.1, 0.15) is 6.61 Å². The Balaban J connectivity index is 3.59. The van der Waals surface area contributed by atoms with Crippen LogP contribution < -0.4 is 16.0 Å². The molecule has 0 aliphatic heterocycles. The quantitative estimate of drug-likeness (QED) is 0.317. The number of hydrogen-bond acceptors (Lipinski definition) is 4. The van der Waals surface area contributed by atoms with Crippen molar-refractivity contribution in [3.63, 3.8) is 0 Å². The van der Waals surface area contributed by atoms with E-state index in [-0.39, 0.29) is 0 Å². The maximum atomic E-state index is 5.76. The molecule has 0 bridgehead atoms.